The first-order valence-corrected chi connectivity index (χ1v) is 8.37. The Bertz CT molecular complexity index is 372. The maximum absolute atomic E-state index is 9.17. The van der Waals surface area contributed by atoms with Gasteiger partial charge in [-0.3, -0.25) is 0 Å². The van der Waals surface area contributed by atoms with Gasteiger partial charge in [0.15, 0.2) is 0 Å². The molecule has 0 aliphatic heterocycles. The highest BCUT2D eigenvalue weighted by Crippen LogP contribution is 2.60. The molecule has 5 aliphatic rings. The molecule has 5 rings (SSSR count). The van der Waals surface area contributed by atoms with E-state index in [-0.39, 0.29) is 0 Å². The van der Waals surface area contributed by atoms with Gasteiger partial charge in [-0.15, -0.1) is 0 Å². The fraction of sp³-hybridized carbons (Fsp3) is 0.941. The van der Waals surface area contributed by atoms with Gasteiger partial charge in [0, 0.05) is 0 Å². The molecule has 0 atom stereocenters. The summed E-state index contributed by atoms with van der Waals surface area (Å²) in [5.74, 6) is 6.11. The van der Waals surface area contributed by atoms with Gasteiger partial charge in [0.1, 0.15) is 5.54 Å². The van der Waals surface area contributed by atoms with Crippen LogP contribution in [0.15, 0.2) is 0 Å². The Labute approximate surface area is 116 Å². The van der Waals surface area contributed by atoms with E-state index in [4.69, 9.17) is 5.73 Å². The van der Waals surface area contributed by atoms with Gasteiger partial charge in [-0.2, -0.15) is 5.26 Å². The largest absolute Gasteiger partial charge is 0.313 e. The van der Waals surface area contributed by atoms with Gasteiger partial charge < -0.3 is 5.73 Å². The van der Waals surface area contributed by atoms with Gasteiger partial charge in [0.05, 0.1) is 6.07 Å². The summed E-state index contributed by atoms with van der Waals surface area (Å²) in [4.78, 5) is 0. The number of hydrogen-bond donors (Lipinski definition) is 1. The van der Waals surface area contributed by atoms with E-state index in [0.717, 1.165) is 48.3 Å². The van der Waals surface area contributed by atoms with E-state index in [1.807, 2.05) is 0 Å². The Hall–Kier alpha value is -0.550. The molecule has 0 amide bonds. The summed E-state index contributed by atoms with van der Waals surface area (Å²) in [6, 6.07) is 2.35. The summed E-state index contributed by atoms with van der Waals surface area (Å²) < 4.78 is 0. The second-order valence-electron chi connectivity index (χ2n) is 8.11. The lowest BCUT2D eigenvalue weighted by Crippen LogP contribution is -2.50. The van der Waals surface area contributed by atoms with Crippen LogP contribution in [0.1, 0.15) is 57.8 Å². The maximum atomic E-state index is 9.17. The van der Waals surface area contributed by atoms with Crippen LogP contribution in [0.4, 0.5) is 0 Å². The van der Waals surface area contributed by atoms with E-state index < -0.39 is 5.54 Å². The number of nitrogens with zero attached hydrogens (tertiary/aromatic N) is 1. The lowest BCUT2D eigenvalue weighted by atomic mass is 9.48. The highest BCUT2D eigenvalue weighted by atomic mass is 14.7. The lowest BCUT2D eigenvalue weighted by Gasteiger charge is -2.57. The third-order valence-corrected chi connectivity index (χ3v) is 6.99. The fourth-order valence-corrected chi connectivity index (χ4v) is 6.39. The predicted octanol–water partition coefficient (Wildman–Crippen LogP) is 3.47. The minimum atomic E-state index is -0.498. The van der Waals surface area contributed by atoms with Crippen LogP contribution in [0.2, 0.25) is 0 Å². The fourth-order valence-electron chi connectivity index (χ4n) is 6.39. The van der Waals surface area contributed by atoms with E-state index in [1.54, 1.807) is 6.42 Å². The number of hydrogen-bond acceptors (Lipinski definition) is 2. The van der Waals surface area contributed by atoms with E-state index in [9.17, 15) is 5.26 Å². The van der Waals surface area contributed by atoms with Crippen LogP contribution >= 0.6 is 0 Å². The van der Waals surface area contributed by atoms with Crippen molar-refractivity contribution in [2.75, 3.05) is 0 Å². The van der Waals surface area contributed by atoms with E-state index in [0.29, 0.717) is 0 Å². The zero-order chi connectivity index (χ0) is 13.0. The Morgan fingerprint density at radius 2 is 1.37 bits per heavy atom. The van der Waals surface area contributed by atoms with Gasteiger partial charge in [-0.05, 0) is 93.3 Å². The summed E-state index contributed by atoms with van der Waals surface area (Å²) in [6.45, 7) is 0. The zero-order valence-electron chi connectivity index (χ0n) is 11.9. The average Bonchev–Trinajstić information content (AvgIpc) is 2.40. The molecule has 2 nitrogen and oxygen atoms in total. The first kappa shape index (κ1) is 12.2. The smallest absolute Gasteiger partial charge is 0.104 e. The highest BCUT2D eigenvalue weighted by Gasteiger charge is 2.51. The molecule has 104 valence electrons. The normalized spacial score (nSPS) is 56.0. The molecule has 0 aromatic carbocycles. The van der Waals surface area contributed by atoms with Gasteiger partial charge in [0.25, 0.3) is 0 Å². The van der Waals surface area contributed by atoms with Crippen LogP contribution in [0.3, 0.4) is 0 Å². The molecule has 0 aromatic rings. The van der Waals surface area contributed by atoms with Crippen LogP contribution in [0.5, 0.6) is 0 Å². The molecule has 0 aromatic heterocycles. The molecule has 5 fully saturated rings. The van der Waals surface area contributed by atoms with Gasteiger partial charge >= 0.3 is 0 Å². The van der Waals surface area contributed by atoms with Gasteiger partial charge in [-0.1, -0.05) is 0 Å². The standard InChI is InChI=1S/C17H26N2/c18-10-17(19)3-1-13(2-4-17)16-14-6-11-5-12(8-14)9-15(16)7-11/h11-16H,1-9,19H2. The Kier molecular flexibility index (Phi) is 2.71. The second kappa shape index (κ2) is 4.22. The van der Waals surface area contributed by atoms with Gasteiger partial charge in [0.2, 0.25) is 0 Å². The molecule has 0 heterocycles. The first-order valence-electron chi connectivity index (χ1n) is 8.37. The average molecular weight is 258 g/mol. The van der Waals surface area contributed by atoms with Crippen LogP contribution < -0.4 is 5.73 Å². The summed E-state index contributed by atoms with van der Waals surface area (Å²) >= 11 is 0. The number of nitriles is 1. The van der Waals surface area contributed by atoms with Crippen molar-refractivity contribution in [2.45, 2.75) is 63.3 Å². The molecule has 0 saturated heterocycles. The van der Waals surface area contributed by atoms with E-state index >= 15 is 0 Å². The van der Waals surface area contributed by atoms with Crippen molar-refractivity contribution < 1.29 is 0 Å². The molecule has 0 spiro atoms. The molecule has 2 N–H and O–H groups in total. The van der Waals surface area contributed by atoms with Crippen molar-refractivity contribution in [3.05, 3.63) is 0 Å². The minimum absolute atomic E-state index is 0.498. The van der Waals surface area contributed by atoms with Crippen LogP contribution in [-0.2, 0) is 0 Å². The monoisotopic (exact) mass is 258 g/mol. The lowest BCUT2D eigenvalue weighted by molar-refractivity contribution is -0.0698. The predicted molar refractivity (Wildman–Crippen MR) is 75.0 cm³/mol. The van der Waals surface area contributed by atoms with Crippen LogP contribution in [0.25, 0.3) is 0 Å². The minimum Gasteiger partial charge on any atom is -0.313 e. The molecule has 5 aliphatic carbocycles. The molecular formula is C17H26N2. The van der Waals surface area contributed by atoms with Crippen LogP contribution in [0, 0.1) is 46.8 Å². The van der Waals surface area contributed by atoms with Crippen molar-refractivity contribution in [3.8, 4) is 6.07 Å². The molecule has 4 bridgehead atoms. The first-order chi connectivity index (χ1) is 9.17. The summed E-state index contributed by atoms with van der Waals surface area (Å²) in [6.07, 6.45) is 12.0. The van der Waals surface area contributed by atoms with Crippen LogP contribution in [-0.4, -0.2) is 5.54 Å². The Morgan fingerprint density at radius 3 is 1.84 bits per heavy atom. The van der Waals surface area contributed by atoms with Crippen molar-refractivity contribution in [1.82, 2.24) is 0 Å². The number of rotatable bonds is 1. The zero-order valence-corrected chi connectivity index (χ0v) is 11.9. The summed E-state index contributed by atoms with van der Waals surface area (Å²) in [5, 5.41) is 9.17. The summed E-state index contributed by atoms with van der Waals surface area (Å²) in [5.41, 5.74) is 5.64. The summed E-state index contributed by atoms with van der Waals surface area (Å²) in [7, 11) is 0. The topological polar surface area (TPSA) is 49.8 Å². The molecule has 5 saturated carbocycles. The maximum Gasteiger partial charge on any atom is 0.104 e. The Balaban J connectivity index is 1.48. The quantitative estimate of drug-likeness (QED) is 0.783. The SMILES string of the molecule is N#CC1(N)CCC(C2C3CC4CC(C3)CC2C4)CC1. The molecule has 0 radical (unpaired) electrons. The second-order valence-corrected chi connectivity index (χ2v) is 8.11. The highest BCUT2D eigenvalue weighted by molar-refractivity contribution is 5.09. The number of nitrogens with two attached hydrogens (primary N) is 1. The molecule has 19 heavy (non-hydrogen) atoms. The van der Waals surface area contributed by atoms with Crippen molar-refractivity contribution in [1.29, 1.82) is 5.26 Å². The van der Waals surface area contributed by atoms with Crippen molar-refractivity contribution >= 4 is 0 Å². The van der Waals surface area contributed by atoms with E-state index in [1.165, 1.54) is 38.5 Å². The molecular weight excluding hydrogens is 232 g/mol. The molecule has 2 heteroatoms. The van der Waals surface area contributed by atoms with E-state index in [2.05, 4.69) is 6.07 Å². The van der Waals surface area contributed by atoms with Crippen molar-refractivity contribution in [3.63, 3.8) is 0 Å². The third-order valence-electron chi connectivity index (χ3n) is 6.99. The van der Waals surface area contributed by atoms with Crippen molar-refractivity contribution in [2.24, 2.45) is 41.2 Å². The third kappa shape index (κ3) is 1.93. The Morgan fingerprint density at radius 1 is 0.842 bits per heavy atom. The molecule has 0 unspecified atom stereocenters. The van der Waals surface area contributed by atoms with Gasteiger partial charge in [-0.25, -0.2) is 0 Å².